The third kappa shape index (κ3) is 2.96. The molecule has 0 aliphatic carbocycles. The highest BCUT2D eigenvalue weighted by molar-refractivity contribution is 6.01. The summed E-state index contributed by atoms with van der Waals surface area (Å²) in [6.07, 6.45) is 1.98. The van der Waals surface area contributed by atoms with Crippen molar-refractivity contribution in [3.63, 3.8) is 0 Å². The van der Waals surface area contributed by atoms with E-state index in [4.69, 9.17) is 0 Å². The number of nitrogens with zero attached hydrogens (tertiary/aromatic N) is 1. The van der Waals surface area contributed by atoms with Crippen molar-refractivity contribution in [2.24, 2.45) is 0 Å². The van der Waals surface area contributed by atoms with Gasteiger partial charge in [-0.2, -0.15) is 0 Å². The van der Waals surface area contributed by atoms with Crippen LogP contribution in [0.5, 0.6) is 0 Å². The summed E-state index contributed by atoms with van der Waals surface area (Å²) in [5.74, 6) is 0. The van der Waals surface area contributed by atoms with E-state index in [1.807, 2.05) is 54.7 Å². The number of para-hydroxylation sites is 1. The SMILES string of the molecule is CCn1cc(NC(=O)NCc2ccccc2)c2ccccc21. The van der Waals surface area contributed by atoms with Crippen LogP contribution < -0.4 is 10.6 Å². The number of amides is 2. The quantitative estimate of drug-likeness (QED) is 0.751. The maximum absolute atomic E-state index is 12.1. The van der Waals surface area contributed by atoms with Gasteiger partial charge in [-0.05, 0) is 18.6 Å². The van der Waals surface area contributed by atoms with Gasteiger partial charge in [0.25, 0.3) is 0 Å². The Morgan fingerprint density at radius 2 is 1.77 bits per heavy atom. The van der Waals surface area contributed by atoms with Gasteiger partial charge in [0, 0.05) is 24.7 Å². The molecule has 0 bridgehead atoms. The molecule has 2 amide bonds. The van der Waals surface area contributed by atoms with E-state index in [0.29, 0.717) is 6.54 Å². The molecular formula is C18H19N3O. The third-order valence-electron chi connectivity index (χ3n) is 3.67. The fourth-order valence-electron chi connectivity index (χ4n) is 2.55. The number of rotatable bonds is 4. The number of benzene rings is 2. The molecule has 0 aliphatic heterocycles. The minimum atomic E-state index is -0.192. The van der Waals surface area contributed by atoms with Crippen molar-refractivity contribution in [1.82, 2.24) is 9.88 Å². The van der Waals surface area contributed by atoms with Crippen LogP contribution in [0.1, 0.15) is 12.5 Å². The first kappa shape index (κ1) is 14.2. The molecule has 0 radical (unpaired) electrons. The fourth-order valence-corrected chi connectivity index (χ4v) is 2.55. The summed E-state index contributed by atoms with van der Waals surface area (Å²) in [4.78, 5) is 12.1. The number of nitrogens with one attached hydrogen (secondary N) is 2. The van der Waals surface area contributed by atoms with Crippen molar-refractivity contribution in [3.05, 3.63) is 66.4 Å². The standard InChI is InChI=1S/C18H19N3O/c1-2-21-13-16(15-10-6-7-11-17(15)21)20-18(22)19-12-14-8-4-3-5-9-14/h3-11,13H,2,12H2,1H3,(H2,19,20,22). The van der Waals surface area contributed by atoms with Crippen LogP contribution in [0.2, 0.25) is 0 Å². The predicted octanol–water partition coefficient (Wildman–Crippen LogP) is 3.98. The van der Waals surface area contributed by atoms with Crippen LogP contribution >= 0.6 is 0 Å². The number of carbonyl (C=O) groups excluding carboxylic acids is 1. The highest BCUT2D eigenvalue weighted by atomic mass is 16.2. The number of carbonyl (C=O) groups is 1. The van der Waals surface area contributed by atoms with E-state index in [0.717, 1.165) is 28.7 Å². The maximum atomic E-state index is 12.1. The molecule has 112 valence electrons. The van der Waals surface area contributed by atoms with Crippen molar-refractivity contribution in [3.8, 4) is 0 Å². The number of anilines is 1. The van der Waals surface area contributed by atoms with Gasteiger partial charge in [0.2, 0.25) is 0 Å². The molecule has 0 fully saturated rings. The Morgan fingerprint density at radius 1 is 1.05 bits per heavy atom. The zero-order chi connectivity index (χ0) is 15.4. The average molecular weight is 293 g/mol. The summed E-state index contributed by atoms with van der Waals surface area (Å²) in [7, 11) is 0. The molecule has 3 rings (SSSR count). The van der Waals surface area contributed by atoms with E-state index in [9.17, 15) is 4.79 Å². The molecule has 1 heterocycles. The highest BCUT2D eigenvalue weighted by Gasteiger charge is 2.09. The molecule has 0 aliphatic rings. The zero-order valence-electron chi connectivity index (χ0n) is 12.5. The van der Waals surface area contributed by atoms with Crippen molar-refractivity contribution < 1.29 is 4.79 Å². The highest BCUT2D eigenvalue weighted by Crippen LogP contribution is 2.25. The monoisotopic (exact) mass is 293 g/mol. The lowest BCUT2D eigenvalue weighted by atomic mass is 10.2. The lowest BCUT2D eigenvalue weighted by Crippen LogP contribution is -2.28. The molecule has 0 unspecified atom stereocenters. The Hall–Kier alpha value is -2.75. The van der Waals surface area contributed by atoms with Crippen LogP contribution in [0.25, 0.3) is 10.9 Å². The van der Waals surface area contributed by atoms with Crippen LogP contribution in [-0.2, 0) is 13.1 Å². The molecule has 1 aromatic heterocycles. The van der Waals surface area contributed by atoms with Gasteiger partial charge in [-0.15, -0.1) is 0 Å². The number of aryl methyl sites for hydroxylation is 1. The summed E-state index contributed by atoms with van der Waals surface area (Å²) in [6, 6.07) is 17.7. The van der Waals surface area contributed by atoms with Gasteiger partial charge >= 0.3 is 6.03 Å². The summed E-state index contributed by atoms with van der Waals surface area (Å²) in [5, 5.41) is 6.87. The van der Waals surface area contributed by atoms with Crippen LogP contribution in [0.3, 0.4) is 0 Å². The second-order valence-corrected chi connectivity index (χ2v) is 5.14. The van der Waals surface area contributed by atoms with Gasteiger partial charge in [0.1, 0.15) is 0 Å². The van der Waals surface area contributed by atoms with Crippen molar-refractivity contribution in [1.29, 1.82) is 0 Å². The lowest BCUT2D eigenvalue weighted by molar-refractivity contribution is 0.252. The van der Waals surface area contributed by atoms with Gasteiger partial charge in [-0.3, -0.25) is 0 Å². The molecule has 3 aromatic rings. The van der Waals surface area contributed by atoms with Gasteiger partial charge < -0.3 is 15.2 Å². The number of aromatic nitrogens is 1. The van der Waals surface area contributed by atoms with E-state index < -0.39 is 0 Å². The second kappa shape index (κ2) is 6.35. The first-order valence-corrected chi connectivity index (χ1v) is 7.44. The molecule has 0 spiro atoms. The lowest BCUT2D eigenvalue weighted by Gasteiger charge is -2.06. The minimum absolute atomic E-state index is 0.192. The van der Waals surface area contributed by atoms with Crippen LogP contribution in [0.15, 0.2) is 60.8 Å². The smallest absolute Gasteiger partial charge is 0.319 e. The zero-order valence-corrected chi connectivity index (χ0v) is 12.5. The number of hydrogen-bond donors (Lipinski definition) is 2. The maximum Gasteiger partial charge on any atom is 0.319 e. The van der Waals surface area contributed by atoms with Crippen LogP contribution in [-0.4, -0.2) is 10.6 Å². The van der Waals surface area contributed by atoms with Gasteiger partial charge in [0.15, 0.2) is 0 Å². The fraction of sp³-hybridized carbons (Fsp3) is 0.167. The van der Waals surface area contributed by atoms with Gasteiger partial charge in [-0.1, -0.05) is 48.5 Å². The van der Waals surface area contributed by atoms with E-state index in [2.05, 4.69) is 28.2 Å². The molecule has 0 saturated heterocycles. The summed E-state index contributed by atoms with van der Waals surface area (Å²) >= 11 is 0. The predicted molar refractivity (Wildman–Crippen MR) is 89.9 cm³/mol. The molecule has 2 N–H and O–H groups in total. The third-order valence-corrected chi connectivity index (χ3v) is 3.67. The summed E-state index contributed by atoms with van der Waals surface area (Å²) in [6.45, 7) is 3.47. The molecule has 0 atom stereocenters. The molecule has 2 aromatic carbocycles. The Morgan fingerprint density at radius 3 is 2.55 bits per heavy atom. The topological polar surface area (TPSA) is 46.1 Å². The number of hydrogen-bond acceptors (Lipinski definition) is 1. The molecule has 4 heteroatoms. The Bertz CT molecular complexity index is 777. The van der Waals surface area contributed by atoms with Crippen LogP contribution in [0, 0.1) is 0 Å². The Balaban J connectivity index is 1.71. The first-order chi connectivity index (χ1) is 10.8. The second-order valence-electron chi connectivity index (χ2n) is 5.14. The van der Waals surface area contributed by atoms with Crippen molar-refractivity contribution >= 4 is 22.6 Å². The molecule has 22 heavy (non-hydrogen) atoms. The van der Waals surface area contributed by atoms with E-state index in [1.54, 1.807) is 0 Å². The van der Waals surface area contributed by atoms with Crippen LogP contribution in [0.4, 0.5) is 10.5 Å². The first-order valence-electron chi connectivity index (χ1n) is 7.44. The van der Waals surface area contributed by atoms with E-state index in [1.165, 1.54) is 0 Å². The van der Waals surface area contributed by atoms with E-state index >= 15 is 0 Å². The summed E-state index contributed by atoms with van der Waals surface area (Å²) < 4.78 is 2.13. The number of urea groups is 1. The molecule has 4 nitrogen and oxygen atoms in total. The Labute approximate surface area is 129 Å². The van der Waals surface area contributed by atoms with Crippen molar-refractivity contribution in [2.75, 3.05) is 5.32 Å². The van der Waals surface area contributed by atoms with Gasteiger partial charge in [0.05, 0.1) is 11.2 Å². The van der Waals surface area contributed by atoms with E-state index in [-0.39, 0.29) is 6.03 Å². The summed E-state index contributed by atoms with van der Waals surface area (Å²) in [5.41, 5.74) is 3.04. The normalized spacial score (nSPS) is 10.6. The van der Waals surface area contributed by atoms with Crippen molar-refractivity contribution in [2.45, 2.75) is 20.0 Å². The number of fused-ring (bicyclic) bond motifs is 1. The minimum Gasteiger partial charge on any atom is -0.346 e. The Kier molecular flexibility index (Phi) is 4.10. The average Bonchev–Trinajstić information content (AvgIpc) is 2.92. The largest absolute Gasteiger partial charge is 0.346 e. The van der Waals surface area contributed by atoms with Gasteiger partial charge in [-0.25, -0.2) is 4.79 Å². The molecule has 0 saturated carbocycles. The molecular weight excluding hydrogens is 274 g/mol.